The molecule has 0 saturated carbocycles. The molecule has 0 atom stereocenters. The van der Waals surface area contributed by atoms with Gasteiger partial charge in [0.25, 0.3) is 0 Å². The third-order valence-corrected chi connectivity index (χ3v) is 3.88. The van der Waals surface area contributed by atoms with Crippen molar-refractivity contribution in [3.8, 4) is 5.75 Å². The number of hydrogen-bond donors (Lipinski definition) is 0. The maximum atomic E-state index is 6.00. The van der Waals surface area contributed by atoms with Gasteiger partial charge in [0.15, 0.2) is 0 Å². The first kappa shape index (κ1) is 17.5. The van der Waals surface area contributed by atoms with Crippen molar-refractivity contribution >= 4 is 0 Å². The zero-order valence-corrected chi connectivity index (χ0v) is 14.7. The summed E-state index contributed by atoms with van der Waals surface area (Å²) in [6.45, 7) is 5.00. The van der Waals surface area contributed by atoms with E-state index in [0.717, 1.165) is 44.7 Å². The van der Waals surface area contributed by atoms with Crippen molar-refractivity contribution in [3.05, 3.63) is 47.8 Å². The minimum Gasteiger partial charge on any atom is -0.493 e. The molecule has 0 bridgehead atoms. The van der Waals surface area contributed by atoms with Gasteiger partial charge in [-0.3, -0.25) is 4.68 Å². The highest BCUT2D eigenvalue weighted by Crippen LogP contribution is 2.21. The van der Waals surface area contributed by atoms with Crippen LogP contribution in [0.1, 0.15) is 37.4 Å². The molecule has 0 radical (unpaired) electrons. The Kier molecular flexibility index (Phi) is 7.14. The molecule has 0 spiro atoms. The number of ether oxygens (including phenoxy) is 1. The van der Waals surface area contributed by atoms with Gasteiger partial charge >= 0.3 is 0 Å². The van der Waals surface area contributed by atoms with Crippen molar-refractivity contribution in [2.75, 3.05) is 27.2 Å². The smallest absolute Gasteiger partial charge is 0.122 e. The van der Waals surface area contributed by atoms with E-state index < -0.39 is 0 Å². The third kappa shape index (κ3) is 5.71. The fraction of sp³-hybridized carbons (Fsp3) is 0.526. The van der Waals surface area contributed by atoms with Gasteiger partial charge in [-0.25, -0.2) is 0 Å². The van der Waals surface area contributed by atoms with Crippen molar-refractivity contribution in [2.24, 2.45) is 0 Å². The number of benzene rings is 1. The number of hydrogen-bond acceptors (Lipinski definition) is 3. The minimum atomic E-state index is 0.754. The van der Waals surface area contributed by atoms with Gasteiger partial charge in [-0.2, -0.15) is 5.10 Å². The van der Waals surface area contributed by atoms with Crippen LogP contribution in [0.4, 0.5) is 0 Å². The summed E-state index contributed by atoms with van der Waals surface area (Å²) in [5.74, 6) is 0.995. The van der Waals surface area contributed by atoms with E-state index in [-0.39, 0.29) is 0 Å². The van der Waals surface area contributed by atoms with Crippen molar-refractivity contribution in [3.63, 3.8) is 0 Å². The SMILES string of the molecule is CCCCn1nccc1Cc1ccccc1OCCCN(C)C. The number of unbranched alkanes of at least 4 members (excludes halogenated alkanes) is 1. The van der Waals surface area contributed by atoms with Crippen LogP contribution in [-0.4, -0.2) is 41.9 Å². The lowest BCUT2D eigenvalue weighted by Gasteiger charge is -2.14. The first-order valence-electron chi connectivity index (χ1n) is 8.57. The summed E-state index contributed by atoms with van der Waals surface area (Å²) in [7, 11) is 4.18. The van der Waals surface area contributed by atoms with Gasteiger partial charge in [0.2, 0.25) is 0 Å². The molecule has 23 heavy (non-hydrogen) atoms. The van der Waals surface area contributed by atoms with Crippen molar-refractivity contribution in [2.45, 2.75) is 39.2 Å². The number of aromatic nitrogens is 2. The van der Waals surface area contributed by atoms with E-state index in [0.29, 0.717) is 0 Å². The third-order valence-electron chi connectivity index (χ3n) is 3.88. The highest BCUT2D eigenvalue weighted by molar-refractivity contribution is 5.36. The summed E-state index contributed by atoms with van der Waals surface area (Å²) in [6.07, 6.45) is 6.15. The number of rotatable bonds is 10. The van der Waals surface area contributed by atoms with Gasteiger partial charge in [0.05, 0.1) is 6.61 Å². The lowest BCUT2D eigenvalue weighted by atomic mass is 10.1. The lowest BCUT2D eigenvalue weighted by Crippen LogP contribution is -2.15. The van der Waals surface area contributed by atoms with E-state index in [2.05, 4.69) is 60.0 Å². The predicted molar refractivity (Wildman–Crippen MR) is 95.0 cm³/mol. The fourth-order valence-electron chi connectivity index (χ4n) is 2.57. The maximum absolute atomic E-state index is 6.00. The molecule has 0 aliphatic heterocycles. The Bertz CT molecular complexity index is 577. The largest absolute Gasteiger partial charge is 0.493 e. The number of para-hydroxylation sites is 1. The van der Waals surface area contributed by atoms with E-state index >= 15 is 0 Å². The lowest BCUT2D eigenvalue weighted by molar-refractivity contribution is 0.279. The molecule has 0 aliphatic carbocycles. The second-order valence-electron chi connectivity index (χ2n) is 6.19. The second-order valence-corrected chi connectivity index (χ2v) is 6.19. The van der Waals surface area contributed by atoms with Gasteiger partial charge in [-0.05, 0) is 39.1 Å². The quantitative estimate of drug-likeness (QED) is 0.628. The molecule has 2 rings (SSSR count). The van der Waals surface area contributed by atoms with Crippen molar-refractivity contribution in [1.82, 2.24) is 14.7 Å². The molecule has 4 heteroatoms. The Morgan fingerprint density at radius 2 is 1.96 bits per heavy atom. The molecule has 4 nitrogen and oxygen atoms in total. The minimum absolute atomic E-state index is 0.754. The van der Waals surface area contributed by atoms with Gasteiger partial charge < -0.3 is 9.64 Å². The topological polar surface area (TPSA) is 30.3 Å². The molecule has 0 unspecified atom stereocenters. The highest BCUT2D eigenvalue weighted by Gasteiger charge is 2.08. The van der Waals surface area contributed by atoms with Gasteiger partial charge in [0, 0.05) is 37.0 Å². The first-order valence-corrected chi connectivity index (χ1v) is 8.57. The Labute approximate surface area is 140 Å². The van der Waals surface area contributed by atoms with Crippen LogP contribution >= 0.6 is 0 Å². The predicted octanol–water partition coefficient (Wildman–Crippen LogP) is 3.60. The van der Waals surface area contributed by atoms with Crippen LogP contribution in [0.15, 0.2) is 36.5 Å². The van der Waals surface area contributed by atoms with E-state index in [1.54, 1.807) is 0 Å². The average molecular weight is 315 g/mol. The molecular formula is C19H29N3O. The van der Waals surface area contributed by atoms with E-state index in [9.17, 15) is 0 Å². The highest BCUT2D eigenvalue weighted by atomic mass is 16.5. The molecule has 0 aliphatic rings. The standard InChI is InChI=1S/C19H29N3O/c1-4-5-14-22-18(11-12-20-22)16-17-9-6-7-10-19(17)23-15-8-13-21(2)3/h6-7,9-12H,4-5,8,13-16H2,1-3H3. The molecule has 1 aromatic carbocycles. The van der Waals surface area contributed by atoms with Gasteiger partial charge in [-0.15, -0.1) is 0 Å². The van der Waals surface area contributed by atoms with Crippen molar-refractivity contribution < 1.29 is 4.74 Å². The van der Waals surface area contributed by atoms with Gasteiger partial charge in [-0.1, -0.05) is 31.5 Å². The summed E-state index contributed by atoms with van der Waals surface area (Å²) >= 11 is 0. The Hall–Kier alpha value is -1.81. The number of aryl methyl sites for hydroxylation is 1. The Balaban J connectivity index is 1.98. The van der Waals surface area contributed by atoms with Crippen molar-refractivity contribution in [1.29, 1.82) is 0 Å². The van der Waals surface area contributed by atoms with E-state index in [4.69, 9.17) is 4.74 Å². The molecule has 1 heterocycles. The van der Waals surface area contributed by atoms with Crippen LogP contribution in [0, 0.1) is 0 Å². The molecule has 126 valence electrons. The summed E-state index contributed by atoms with van der Waals surface area (Å²) in [6, 6.07) is 10.4. The Morgan fingerprint density at radius 1 is 1.13 bits per heavy atom. The average Bonchev–Trinajstić information content (AvgIpc) is 2.98. The maximum Gasteiger partial charge on any atom is 0.122 e. The molecule has 0 fully saturated rings. The zero-order chi connectivity index (χ0) is 16.5. The fourth-order valence-corrected chi connectivity index (χ4v) is 2.57. The summed E-state index contributed by atoms with van der Waals surface area (Å²) < 4.78 is 8.12. The normalized spacial score (nSPS) is 11.1. The van der Waals surface area contributed by atoms with Crippen LogP contribution < -0.4 is 4.74 Å². The molecule has 2 aromatic rings. The monoisotopic (exact) mass is 315 g/mol. The molecule has 0 saturated heterocycles. The summed E-state index contributed by atoms with van der Waals surface area (Å²) in [5.41, 5.74) is 2.48. The van der Waals surface area contributed by atoms with Crippen LogP contribution in [0.5, 0.6) is 5.75 Å². The van der Waals surface area contributed by atoms with Crippen LogP contribution in [0.25, 0.3) is 0 Å². The second kappa shape index (κ2) is 9.36. The summed E-state index contributed by atoms with van der Waals surface area (Å²) in [4.78, 5) is 2.18. The van der Waals surface area contributed by atoms with Crippen LogP contribution in [0.3, 0.4) is 0 Å². The molecule has 1 aromatic heterocycles. The molecular weight excluding hydrogens is 286 g/mol. The molecule has 0 N–H and O–H groups in total. The van der Waals surface area contributed by atoms with E-state index in [1.807, 2.05) is 12.3 Å². The Morgan fingerprint density at radius 3 is 2.74 bits per heavy atom. The first-order chi connectivity index (χ1) is 11.2. The van der Waals surface area contributed by atoms with Crippen LogP contribution in [0.2, 0.25) is 0 Å². The van der Waals surface area contributed by atoms with E-state index in [1.165, 1.54) is 17.7 Å². The summed E-state index contributed by atoms with van der Waals surface area (Å²) in [5, 5.41) is 4.44. The zero-order valence-electron chi connectivity index (χ0n) is 14.7. The van der Waals surface area contributed by atoms with Crippen LogP contribution in [-0.2, 0) is 13.0 Å². The van der Waals surface area contributed by atoms with Gasteiger partial charge in [0.1, 0.15) is 5.75 Å². The molecule has 0 amide bonds. The number of nitrogens with zero attached hydrogens (tertiary/aromatic N) is 3.